The van der Waals surface area contributed by atoms with Crippen molar-refractivity contribution in [3.63, 3.8) is 0 Å². The third-order valence-electron chi connectivity index (χ3n) is 2.40. The first-order chi connectivity index (χ1) is 7.72. The summed E-state index contributed by atoms with van der Waals surface area (Å²) in [5.74, 6) is -0.125. The highest BCUT2D eigenvalue weighted by molar-refractivity contribution is 5.98. The first-order valence-corrected chi connectivity index (χ1v) is 4.96. The summed E-state index contributed by atoms with van der Waals surface area (Å²) in [6.45, 7) is 1.74. The Bertz CT molecular complexity index is 416. The number of rotatable bonds is 2. The van der Waals surface area contributed by atoms with Crippen LogP contribution in [0, 0.1) is 0 Å². The zero-order valence-electron chi connectivity index (χ0n) is 8.75. The molecule has 16 heavy (non-hydrogen) atoms. The molecule has 0 unspecified atom stereocenters. The fraction of sp³-hybridized carbons (Fsp3) is 0.273. The lowest BCUT2D eigenvalue weighted by atomic mass is 10.2. The van der Waals surface area contributed by atoms with Gasteiger partial charge in [0, 0.05) is 5.56 Å². The first kappa shape index (κ1) is 10.6. The molecule has 0 saturated heterocycles. The van der Waals surface area contributed by atoms with Crippen LogP contribution in [0.15, 0.2) is 35.3 Å². The Labute approximate surface area is 92.7 Å². The van der Waals surface area contributed by atoms with E-state index in [1.807, 2.05) is 30.3 Å². The molecule has 84 valence electrons. The van der Waals surface area contributed by atoms with E-state index >= 15 is 0 Å². The highest BCUT2D eigenvalue weighted by Gasteiger charge is 2.33. The van der Waals surface area contributed by atoms with Gasteiger partial charge in [-0.15, -0.1) is 0 Å². The van der Waals surface area contributed by atoms with Crippen LogP contribution in [0.3, 0.4) is 0 Å². The zero-order valence-corrected chi connectivity index (χ0v) is 8.75. The summed E-state index contributed by atoms with van der Waals surface area (Å²) in [5, 5.41) is 8.55. The van der Waals surface area contributed by atoms with Gasteiger partial charge in [0.25, 0.3) is 5.91 Å². The molecular weight excluding hydrogens is 208 g/mol. The van der Waals surface area contributed by atoms with Gasteiger partial charge in [0.2, 0.25) is 5.90 Å². The lowest BCUT2D eigenvalue weighted by molar-refractivity contribution is -0.131. The summed E-state index contributed by atoms with van der Waals surface area (Å²) < 4.78 is 5.46. The van der Waals surface area contributed by atoms with Gasteiger partial charge in [-0.25, -0.2) is 10.5 Å². The van der Waals surface area contributed by atoms with Crippen molar-refractivity contribution in [3.8, 4) is 0 Å². The number of carbonyl (C=O) groups is 1. The fourth-order valence-corrected chi connectivity index (χ4v) is 1.56. The van der Waals surface area contributed by atoms with Crippen molar-refractivity contribution in [1.82, 2.24) is 5.48 Å². The number of hydrogen-bond acceptors (Lipinski definition) is 4. The van der Waals surface area contributed by atoms with E-state index in [0.29, 0.717) is 5.90 Å². The minimum Gasteiger partial charge on any atom is -0.472 e. The normalized spacial score (nSPS) is 23.5. The maximum absolute atomic E-state index is 11.3. The molecule has 2 atom stereocenters. The van der Waals surface area contributed by atoms with Gasteiger partial charge in [-0.3, -0.25) is 10.0 Å². The number of nitrogens with zero attached hydrogens (tertiary/aromatic N) is 1. The van der Waals surface area contributed by atoms with Crippen molar-refractivity contribution >= 4 is 11.8 Å². The molecule has 0 fully saturated rings. The van der Waals surface area contributed by atoms with E-state index < -0.39 is 11.9 Å². The molecule has 1 amide bonds. The smallest absolute Gasteiger partial charge is 0.272 e. The molecule has 0 saturated carbocycles. The van der Waals surface area contributed by atoms with Gasteiger partial charge in [0.15, 0.2) is 6.04 Å². The summed E-state index contributed by atoms with van der Waals surface area (Å²) in [7, 11) is 0. The number of aliphatic imine (C=N–C) groups is 1. The highest BCUT2D eigenvalue weighted by atomic mass is 16.5. The molecular formula is C11H12N2O3. The van der Waals surface area contributed by atoms with Gasteiger partial charge in [-0.2, -0.15) is 0 Å². The molecule has 0 aromatic heterocycles. The van der Waals surface area contributed by atoms with Gasteiger partial charge in [-0.05, 0) is 19.1 Å². The molecule has 0 bridgehead atoms. The lowest BCUT2D eigenvalue weighted by Gasteiger charge is -2.09. The van der Waals surface area contributed by atoms with Gasteiger partial charge < -0.3 is 4.74 Å². The van der Waals surface area contributed by atoms with Crippen molar-refractivity contribution in [2.24, 2.45) is 4.99 Å². The number of hydroxylamine groups is 1. The maximum Gasteiger partial charge on any atom is 0.272 e. The molecule has 0 aliphatic carbocycles. The first-order valence-electron chi connectivity index (χ1n) is 4.96. The largest absolute Gasteiger partial charge is 0.472 e. The van der Waals surface area contributed by atoms with Crippen molar-refractivity contribution < 1.29 is 14.7 Å². The van der Waals surface area contributed by atoms with E-state index in [0.717, 1.165) is 5.56 Å². The van der Waals surface area contributed by atoms with Gasteiger partial charge in [0.05, 0.1) is 0 Å². The third-order valence-corrected chi connectivity index (χ3v) is 2.40. The van der Waals surface area contributed by atoms with Crippen LogP contribution in [-0.4, -0.2) is 29.2 Å². The average molecular weight is 220 g/mol. The number of ether oxygens (including phenoxy) is 1. The average Bonchev–Trinajstić information content (AvgIpc) is 2.71. The summed E-state index contributed by atoms with van der Waals surface area (Å²) in [5.41, 5.74) is 2.41. The van der Waals surface area contributed by atoms with Crippen LogP contribution in [-0.2, 0) is 9.53 Å². The molecule has 1 heterocycles. The van der Waals surface area contributed by atoms with E-state index in [4.69, 9.17) is 9.94 Å². The van der Waals surface area contributed by atoms with E-state index in [1.54, 1.807) is 12.4 Å². The Hall–Kier alpha value is -1.88. The van der Waals surface area contributed by atoms with Crippen molar-refractivity contribution in [1.29, 1.82) is 0 Å². The molecule has 5 nitrogen and oxygen atoms in total. The molecule has 0 radical (unpaired) electrons. The second kappa shape index (κ2) is 4.32. The standard InChI is InChI=1S/C11H12N2O3/c1-7-9(10(14)13-15)12-11(16-7)8-5-3-2-4-6-8/h2-7,9,15H,1H3,(H,13,14)/t7-,9-/m1/s1. The molecule has 2 rings (SSSR count). The van der Waals surface area contributed by atoms with Crippen LogP contribution in [0.5, 0.6) is 0 Å². The Kier molecular flexibility index (Phi) is 2.87. The molecule has 1 aromatic rings. The number of nitrogens with one attached hydrogen (secondary N) is 1. The third kappa shape index (κ3) is 1.90. The Balaban J connectivity index is 2.23. The van der Waals surface area contributed by atoms with E-state index in [1.165, 1.54) is 0 Å². The van der Waals surface area contributed by atoms with Crippen LogP contribution in [0.1, 0.15) is 12.5 Å². The monoisotopic (exact) mass is 220 g/mol. The summed E-state index contributed by atoms with van der Waals surface area (Å²) in [6.07, 6.45) is -0.373. The second-order valence-electron chi connectivity index (χ2n) is 3.54. The summed E-state index contributed by atoms with van der Waals surface area (Å²) in [6, 6.07) is 8.63. The minimum absolute atomic E-state index is 0.373. The summed E-state index contributed by atoms with van der Waals surface area (Å²) >= 11 is 0. The minimum atomic E-state index is -0.694. The van der Waals surface area contributed by atoms with Crippen molar-refractivity contribution in [2.75, 3.05) is 0 Å². The zero-order chi connectivity index (χ0) is 11.5. The topological polar surface area (TPSA) is 70.9 Å². The number of carbonyl (C=O) groups excluding carboxylic acids is 1. The van der Waals surface area contributed by atoms with Crippen LogP contribution >= 0.6 is 0 Å². The molecule has 1 aliphatic rings. The van der Waals surface area contributed by atoms with Crippen LogP contribution in [0.4, 0.5) is 0 Å². The van der Waals surface area contributed by atoms with Gasteiger partial charge >= 0.3 is 0 Å². The lowest BCUT2D eigenvalue weighted by Crippen LogP contribution is -2.36. The SMILES string of the molecule is C[C@H]1OC(c2ccccc2)=N[C@H]1C(=O)NO. The Morgan fingerprint density at radius 1 is 1.44 bits per heavy atom. The predicted molar refractivity (Wildman–Crippen MR) is 57.2 cm³/mol. The van der Waals surface area contributed by atoms with Crippen LogP contribution in [0.25, 0.3) is 0 Å². The van der Waals surface area contributed by atoms with E-state index in [-0.39, 0.29) is 6.10 Å². The molecule has 1 aliphatic heterocycles. The predicted octanol–water partition coefficient (Wildman–Crippen LogP) is 0.726. The number of hydrogen-bond donors (Lipinski definition) is 2. The van der Waals surface area contributed by atoms with Crippen molar-refractivity contribution in [3.05, 3.63) is 35.9 Å². The molecule has 5 heteroatoms. The fourth-order valence-electron chi connectivity index (χ4n) is 1.56. The van der Waals surface area contributed by atoms with Gasteiger partial charge in [0.1, 0.15) is 6.10 Å². The number of benzene rings is 1. The highest BCUT2D eigenvalue weighted by Crippen LogP contribution is 2.17. The number of amides is 1. The Morgan fingerprint density at radius 2 is 2.12 bits per heavy atom. The molecule has 1 aromatic carbocycles. The maximum atomic E-state index is 11.3. The van der Waals surface area contributed by atoms with Crippen LogP contribution in [0.2, 0.25) is 0 Å². The molecule has 2 N–H and O–H groups in total. The van der Waals surface area contributed by atoms with Gasteiger partial charge in [-0.1, -0.05) is 18.2 Å². The summed E-state index contributed by atoms with van der Waals surface area (Å²) in [4.78, 5) is 15.4. The molecule has 0 spiro atoms. The van der Waals surface area contributed by atoms with Crippen LogP contribution < -0.4 is 5.48 Å². The van der Waals surface area contributed by atoms with E-state index in [9.17, 15) is 4.79 Å². The second-order valence-corrected chi connectivity index (χ2v) is 3.54. The quantitative estimate of drug-likeness (QED) is 0.570. The van der Waals surface area contributed by atoms with E-state index in [2.05, 4.69) is 4.99 Å². The van der Waals surface area contributed by atoms with Crippen molar-refractivity contribution in [2.45, 2.75) is 19.1 Å². The Morgan fingerprint density at radius 3 is 2.75 bits per heavy atom.